The molecule has 2 aromatic rings. The predicted octanol–water partition coefficient (Wildman–Crippen LogP) is 3.85. The van der Waals surface area contributed by atoms with Crippen molar-refractivity contribution in [3.05, 3.63) is 47.3 Å². The van der Waals surface area contributed by atoms with Crippen LogP contribution in [0.1, 0.15) is 24.5 Å². The molecule has 122 valence electrons. The Morgan fingerprint density at radius 1 is 1.26 bits per heavy atom. The first kappa shape index (κ1) is 15.8. The Labute approximate surface area is 136 Å². The van der Waals surface area contributed by atoms with Gasteiger partial charge in [-0.3, -0.25) is 0 Å². The summed E-state index contributed by atoms with van der Waals surface area (Å²) >= 11 is 0. The summed E-state index contributed by atoms with van der Waals surface area (Å²) in [7, 11) is 0. The van der Waals surface area contributed by atoms with E-state index in [2.05, 4.69) is 0 Å². The molecule has 4 heteroatoms. The minimum atomic E-state index is -0.234. The van der Waals surface area contributed by atoms with Crippen molar-refractivity contribution in [3.63, 3.8) is 0 Å². The van der Waals surface area contributed by atoms with E-state index < -0.39 is 0 Å². The van der Waals surface area contributed by atoms with Crippen molar-refractivity contribution in [2.24, 2.45) is 5.73 Å². The van der Waals surface area contributed by atoms with Crippen LogP contribution in [0.2, 0.25) is 0 Å². The minimum Gasteiger partial charge on any atom is -0.494 e. The monoisotopic (exact) mass is 315 g/mol. The zero-order valence-electron chi connectivity index (χ0n) is 13.6. The third-order valence-corrected chi connectivity index (χ3v) is 4.21. The highest BCUT2D eigenvalue weighted by Crippen LogP contribution is 2.40. The van der Waals surface area contributed by atoms with Crippen molar-refractivity contribution in [2.45, 2.75) is 32.8 Å². The number of benzene rings is 2. The lowest BCUT2D eigenvalue weighted by atomic mass is 9.93. The maximum absolute atomic E-state index is 14.0. The molecule has 2 aromatic carbocycles. The Hall–Kier alpha value is -2.07. The van der Waals surface area contributed by atoms with Gasteiger partial charge in [-0.2, -0.15) is 0 Å². The average Bonchev–Trinajstić information content (AvgIpc) is 2.54. The predicted molar refractivity (Wildman–Crippen MR) is 89.5 cm³/mol. The van der Waals surface area contributed by atoms with Crippen molar-refractivity contribution in [1.29, 1.82) is 0 Å². The van der Waals surface area contributed by atoms with E-state index in [0.29, 0.717) is 13.2 Å². The molecule has 2 N–H and O–H groups in total. The van der Waals surface area contributed by atoms with Crippen molar-refractivity contribution in [3.8, 4) is 22.6 Å². The number of ether oxygens (including phenoxy) is 2. The number of halogens is 1. The summed E-state index contributed by atoms with van der Waals surface area (Å²) in [5.41, 5.74) is 9.44. The fourth-order valence-corrected chi connectivity index (χ4v) is 3.08. The molecule has 1 heterocycles. The summed E-state index contributed by atoms with van der Waals surface area (Å²) < 4.78 is 25.6. The second-order valence-electron chi connectivity index (χ2n) is 5.87. The molecule has 1 aliphatic heterocycles. The van der Waals surface area contributed by atoms with Gasteiger partial charge in [-0.25, -0.2) is 4.39 Å². The number of nitrogens with two attached hydrogens (primary N) is 1. The molecule has 0 saturated heterocycles. The topological polar surface area (TPSA) is 44.5 Å². The Morgan fingerprint density at radius 2 is 2.09 bits per heavy atom. The molecule has 0 saturated carbocycles. The molecule has 0 fully saturated rings. The van der Waals surface area contributed by atoms with Crippen LogP contribution in [0.25, 0.3) is 11.1 Å². The normalized spacial score (nSPS) is 16.6. The summed E-state index contributed by atoms with van der Waals surface area (Å²) in [6, 6.07) is 8.95. The van der Waals surface area contributed by atoms with Gasteiger partial charge in [0.05, 0.1) is 6.61 Å². The van der Waals surface area contributed by atoms with Crippen molar-refractivity contribution in [2.75, 3.05) is 13.2 Å². The summed E-state index contributed by atoms with van der Waals surface area (Å²) in [5.74, 6) is 1.35. The van der Waals surface area contributed by atoms with Gasteiger partial charge in [0.25, 0.3) is 0 Å². The van der Waals surface area contributed by atoms with Gasteiger partial charge in [0.15, 0.2) is 0 Å². The van der Waals surface area contributed by atoms with Gasteiger partial charge in [-0.1, -0.05) is 6.07 Å². The van der Waals surface area contributed by atoms with Crippen LogP contribution >= 0.6 is 0 Å². The molecule has 23 heavy (non-hydrogen) atoms. The molecular formula is C19H22FNO2. The van der Waals surface area contributed by atoms with Crippen LogP contribution < -0.4 is 15.2 Å². The van der Waals surface area contributed by atoms with Gasteiger partial charge < -0.3 is 15.2 Å². The van der Waals surface area contributed by atoms with Crippen LogP contribution in [0.15, 0.2) is 30.3 Å². The number of aryl methyl sites for hydroxylation is 2. The van der Waals surface area contributed by atoms with E-state index in [9.17, 15) is 4.39 Å². The Balaban J connectivity index is 2.08. The highest BCUT2D eigenvalue weighted by molar-refractivity contribution is 5.75. The van der Waals surface area contributed by atoms with E-state index in [0.717, 1.165) is 46.6 Å². The van der Waals surface area contributed by atoms with Crippen molar-refractivity contribution >= 4 is 0 Å². The molecule has 0 radical (unpaired) electrons. The lowest BCUT2D eigenvalue weighted by Gasteiger charge is -2.27. The average molecular weight is 315 g/mol. The minimum absolute atomic E-state index is 0.00489. The molecule has 1 aliphatic rings. The molecule has 3 rings (SSSR count). The van der Waals surface area contributed by atoms with Crippen LogP contribution in [0.5, 0.6) is 11.5 Å². The number of hydrogen-bond donors (Lipinski definition) is 1. The molecule has 0 spiro atoms. The summed E-state index contributed by atoms with van der Waals surface area (Å²) in [4.78, 5) is 0. The smallest absolute Gasteiger partial charge is 0.131 e. The molecule has 0 aliphatic carbocycles. The van der Waals surface area contributed by atoms with Crippen LogP contribution in [-0.4, -0.2) is 19.3 Å². The molecule has 0 aromatic heterocycles. The van der Waals surface area contributed by atoms with Gasteiger partial charge >= 0.3 is 0 Å². The quantitative estimate of drug-likeness (QED) is 0.932. The fourth-order valence-electron chi connectivity index (χ4n) is 3.08. The largest absolute Gasteiger partial charge is 0.494 e. The van der Waals surface area contributed by atoms with Crippen LogP contribution in [0.4, 0.5) is 4.39 Å². The van der Waals surface area contributed by atoms with E-state index in [1.54, 1.807) is 12.1 Å². The Bertz CT molecular complexity index is 715. The SMILES string of the molecule is CCOc1ccc(-c2cc(F)cc3c2O[C@@H](CN)CC3)c(C)c1. The first-order valence-electron chi connectivity index (χ1n) is 8.05. The summed E-state index contributed by atoms with van der Waals surface area (Å²) in [6.45, 7) is 5.04. The van der Waals surface area contributed by atoms with E-state index in [-0.39, 0.29) is 11.9 Å². The Morgan fingerprint density at radius 3 is 2.78 bits per heavy atom. The van der Waals surface area contributed by atoms with Gasteiger partial charge in [0.1, 0.15) is 23.4 Å². The van der Waals surface area contributed by atoms with Crippen molar-refractivity contribution in [1.82, 2.24) is 0 Å². The van der Waals surface area contributed by atoms with E-state index in [1.165, 1.54) is 0 Å². The van der Waals surface area contributed by atoms with E-state index in [1.807, 2.05) is 32.0 Å². The molecular weight excluding hydrogens is 293 g/mol. The van der Waals surface area contributed by atoms with E-state index in [4.69, 9.17) is 15.2 Å². The molecule has 1 atom stereocenters. The first-order chi connectivity index (χ1) is 11.1. The maximum atomic E-state index is 14.0. The molecule has 0 unspecified atom stereocenters. The van der Waals surface area contributed by atoms with Crippen molar-refractivity contribution < 1.29 is 13.9 Å². The number of fused-ring (bicyclic) bond motifs is 1. The molecule has 0 bridgehead atoms. The zero-order chi connectivity index (χ0) is 16.4. The lowest BCUT2D eigenvalue weighted by molar-refractivity contribution is 0.182. The van der Waals surface area contributed by atoms with Crippen LogP contribution in [0, 0.1) is 12.7 Å². The third kappa shape index (κ3) is 3.17. The van der Waals surface area contributed by atoms with Gasteiger partial charge in [-0.05, 0) is 67.6 Å². The van der Waals surface area contributed by atoms with Gasteiger partial charge in [0.2, 0.25) is 0 Å². The Kier molecular flexibility index (Phi) is 4.53. The maximum Gasteiger partial charge on any atom is 0.131 e. The number of hydrogen-bond acceptors (Lipinski definition) is 3. The van der Waals surface area contributed by atoms with E-state index >= 15 is 0 Å². The number of rotatable bonds is 4. The van der Waals surface area contributed by atoms with Crippen LogP contribution in [0.3, 0.4) is 0 Å². The fraction of sp³-hybridized carbons (Fsp3) is 0.368. The zero-order valence-corrected chi connectivity index (χ0v) is 13.6. The highest BCUT2D eigenvalue weighted by atomic mass is 19.1. The summed E-state index contributed by atoms with van der Waals surface area (Å²) in [5, 5.41) is 0. The highest BCUT2D eigenvalue weighted by Gasteiger charge is 2.23. The second kappa shape index (κ2) is 6.59. The molecule has 0 amide bonds. The standard InChI is InChI=1S/C19H22FNO2/c1-3-22-15-6-7-17(12(2)8-15)18-10-14(20)9-13-4-5-16(11-21)23-19(13)18/h6-10,16H,3-5,11,21H2,1-2H3/t16-/m1/s1. The second-order valence-corrected chi connectivity index (χ2v) is 5.87. The van der Waals surface area contributed by atoms with Crippen LogP contribution in [-0.2, 0) is 6.42 Å². The lowest BCUT2D eigenvalue weighted by Crippen LogP contribution is -2.30. The summed E-state index contributed by atoms with van der Waals surface area (Å²) in [6.07, 6.45) is 1.61. The first-order valence-corrected chi connectivity index (χ1v) is 8.05. The van der Waals surface area contributed by atoms with Gasteiger partial charge in [0, 0.05) is 12.1 Å². The van der Waals surface area contributed by atoms with Gasteiger partial charge in [-0.15, -0.1) is 0 Å². The third-order valence-electron chi connectivity index (χ3n) is 4.21. The molecule has 3 nitrogen and oxygen atoms in total.